The molecule has 0 fully saturated rings. The van der Waals surface area contributed by atoms with Gasteiger partial charge in [-0.25, -0.2) is 5.43 Å². The molecule has 2 aromatic carbocycles. The second-order valence-electron chi connectivity index (χ2n) is 6.28. The standard InChI is InChI=1S/C20H18N4O3/c1-27-14-9-6-13(7-10-14)20(26)23-24-18-15-5-3-2-4-12(15)8-11-16(18)17(22-24)19(21)25/h2-7,9-10H,8,11H2,1H3,(H2,21,25)(H,23,26). The summed E-state index contributed by atoms with van der Waals surface area (Å²) in [5.74, 6) is -0.293. The summed E-state index contributed by atoms with van der Waals surface area (Å²) in [5, 5.41) is 4.27. The first kappa shape index (κ1) is 16.8. The maximum absolute atomic E-state index is 12.7. The third kappa shape index (κ3) is 2.93. The van der Waals surface area contributed by atoms with Crippen molar-refractivity contribution in [3.8, 4) is 17.0 Å². The van der Waals surface area contributed by atoms with Crippen LogP contribution in [0.25, 0.3) is 11.3 Å². The lowest BCUT2D eigenvalue weighted by atomic mass is 9.89. The molecule has 27 heavy (non-hydrogen) atoms. The van der Waals surface area contributed by atoms with Gasteiger partial charge in [0, 0.05) is 16.7 Å². The van der Waals surface area contributed by atoms with E-state index in [0.717, 1.165) is 23.1 Å². The molecular formula is C20H18N4O3. The SMILES string of the molecule is COc1ccc(C(=O)Nn2nc(C(N)=O)c3c2-c2ccccc2CC3)cc1. The lowest BCUT2D eigenvalue weighted by Crippen LogP contribution is -2.25. The third-order valence-corrected chi connectivity index (χ3v) is 4.69. The average molecular weight is 362 g/mol. The zero-order valence-corrected chi connectivity index (χ0v) is 14.7. The molecule has 0 spiro atoms. The van der Waals surface area contributed by atoms with E-state index in [1.165, 1.54) is 4.79 Å². The minimum absolute atomic E-state index is 0.189. The van der Waals surface area contributed by atoms with E-state index < -0.39 is 5.91 Å². The Morgan fingerprint density at radius 2 is 1.85 bits per heavy atom. The van der Waals surface area contributed by atoms with Gasteiger partial charge < -0.3 is 10.5 Å². The van der Waals surface area contributed by atoms with Gasteiger partial charge in [-0.15, -0.1) is 5.10 Å². The van der Waals surface area contributed by atoms with E-state index in [9.17, 15) is 9.59 Å². The summed E-state index contributed by atoms with van der Waals surface area (Å²) in [6, 6.07) is 14.6. The van der Waals surface area contributed by atoms with E-state index in [2.05, 4.69) is 10.5 Å². The normalized spacial score (nSPS) is 12.0. The number of benzene rings is 2. The monoisotopic (exact) mass is 362 g/mol. The molecule has 0 unspecified atom stereocenters. The quantitative estimate of drug-likeness (QED) is 0.743. The summed E-state index contributed by atoms with van der Waals surface area (Å²) in [6.07, 6.45) is 1.44. The molecule has 136 valence electrons. The summed E-state index contributed by atoms with van der Waals surface area (Å²) in [6.45, 7) is 0. The van der Waals surface area contributed by atoms with E-state index in [1.807, 2.05) is 24.3 Å². The van der Waals surface area contributed by atoms with Crippen LogP contribution in [0, 0.1) is 0 Å². The van der Waals surface area contributed by atoms with Gasteiger partial charge in [-0.1, -0.05) is 24.3 Å². The number of nitrogens with zero attached hydrogens (tertiary/aromatic N) is 2. The summed E-state index contributed by atoms with van der Waals surface area (Å²) in [7, 11) is 1.56. The van der Waals surface area contributed by atoms with Gasteiger partial charge in [-0.05, 0) is 42.7 Å². The highest BCUT2D eigenvalue weighted by Gasteiger charge is 2.28. The molecule has 7 nitrogen and oxygen atoms in total. The zero-order chi connectivity index (χ0) is 19.0. The van der Waals surface area contributed by atoms with Gasteiger partial charge in [-0.3, -0.25) is 9.59 Å². The minimum atomic E-state index is -0.608. The van der Waals surface area contributed by atoms with Crippen molar-refractivity contribution in [2.24, 2.45) is 5.73 Å². The van der Waals surface area contributed by atoms with Crippen molar-refractivity contribution in [3.05, 3.63) is 70.9 Å². The Morgan fingerprint density at radius 3 is 2.56 bits per heavy atom. The Morgan fingerprint density at radius 1 is 1.11 bits per heavy atom. The topological polar surface area (TPSA) is 99.2 Å². The van der Waals surface area contributed by atoms with Gasteiger partial charge in [0.1, 0.15) is 5.75 Å². The molecule has 1 heterocycles. The number of fused-ring (bicyclic) bond motifs is 3. The van der Waals surface area contributed by atoms with Crippen LogP contribution in [0.15, 0.2) is 48.5 Å². The average Bonchev–Trinajstić information content (AvgIpc) is 3.07. The number of hydrogen-bond acceptors (Lipinski definition) is 4. The van der Waals surface area contributed by atoms with Crippen molar-refractivity contribution < 1.29 is 14.3 Å². The highest BCUT2D eigenvalue weighted by atomic mass is 16.5. The van der Waals surface area contributed by atoms with Crippen molar-refractivity contribution in [2.45, 2.75) is 12.8 Å². The van der Waals surface area contributed by atoms with Crippen molar-refractivity contribution in [2.75, 3.05) is 12.5 Å². The zero-order valence-electron chi connectivity index (χ0n) is 14.7. The number of aryl methyl sites for hydroxylation is 1. The number of nitrogens with one attached hydrogen (secondary N) is 1. The molecule has 0 bridgehead atoms. The largest absolute Gasteiger partial charge is 0.497 e. The second-order valence-corrected chi connectivity index (χ2v) is 6.28. The number of carbonyl (C=O) groups is 2. The van der Waals surface area contributed by atoms with E-state index in [1.54, 1.807) is 31.4 Å². The first-order valence-electron chi connectivity index (χ1n) is 8.54. The highest BCUT2D eigenvalue weighted by molar-refractivity contribution is 6.01. The fourth-order valence-corrected chi connectivity index (χ4v) is 3.37. The summed E-state index contributed by atoms with van der Waals surface area (Å²) in [4.78, 5) is 25.9. The number of hydrogen-bond donors (Lipinski definition) is 2. The number of rotatable bonds is 4. The number of methoxy groups -OCH3 is 1. The lowest BCUT2D eigenvalue weighted by Gasteiger charge is -2.18. The Labute approximate surface area is 155 Å². The molecule has 0 saturated heterocycles. The number of aromatic nitrogens is 2. The second kappa shape index (κ2) is 6.60. The molecule has 3 aromatic rings. The maximum atomic E-state index is 12.7. The Kier molecular flexibility index (Phi) is 4.12. The van der Waals surface area contributed by atoms with Crippen LogP contribution in [-0.2, 0) is 12.8 Å². The number of amides is 2. The van der Waals surface area contributed by atoms with Crippen LogP contribution >= 0.6 is 0 Å². The van der Waals surface area contributed by atoms with Gasteiger partial charge in [-0.2, -0.15) is 4.79 Å². The molecular weight excluding hydrogens is 344 g/mol. The van der Waals surface area contributed by atoms with Crippen LogP contribution in [0.1, 0.15) is 32.0 Å². The molecule has 0 saturated carbocycles. The van der Waals surface area contributed by atoms with E-state index in [0.29, 0.717) is 23.4 Å². The maximum Gasteiger partial charge on any atom is 0.271 e. The van der Waals surface area contributed by atoms with Gasteiger partial charge in [0.05, 0.1) is 12.8 Å². The molecule has 2 amide bonds. The van der Waals surface area contributed by atoms with E-state index in [-0.39, 0.29) is 11.6 Å². The van der Waals surface area contributed by atoms with Crippen LogP contribution in [0.3, 0.4) is 0 Å². The van der Waals surface area contributed by atoms with E-state index >= 15 is 0 Å². The predicted molar refractivity (Wildman–Crippen MR) is 100 cm³/mol. The minimum Gasteiger partial charge on any atom is -0.497 e. The van der Waals surface area contributed by atoms with Crippen LogP contribution < -0.4 is 15.9 Å². The first-order chi connectivity index (χ1) is 13.1. The number of nitrogens with two attached hydrogens (primary N) is 1. The van der Waals surface area contributed by atoms with Crippen molar-refractivity contribution in [3.63, 3.8) is 0 Å². The van der Waals surface area contributed by atoms with Crippen molar-refractivity contribution in [1.29, 1.82) is 0 Å². The fourth-order valence-electron chi connectivity index (χ4n) is 3.37. The Balaban J connectivity index is 1.75. The van der Waals surface area contributed by atoms with Gasteiger partial charge in [0.25, 0.3) is 11.8 Å². The highest BCUT2D eigenvalue weighted by Crippen LogP contribution is 2.34. The van der Waals surface area contributed by atoms with Crippen LogP contribution in [0.4, 0.5) is 0 Å². The number of carbonyl (C=O) groups excluding carboxylic acids is 2. The molecule has 3 N–H and O–H groups in total. The summed E-state index contributed by atoms with van der Waals surface area (Å²) in [5.41, 5.74) is 12.4. The number of ether oxygens (including phenoxy) is 1. The molecule has 1 aliphatic rings. The molecule has 0 radical (unpaired) electrons. The van der Waals surface area contributed by atoms with Gasteiger partial charge >= 0.3 is 0 Å². The van der Waals surface area contributed by atoms with Crippen LogP contribution in [-0.4, -0.2) is 28.8 Å². The molecule has 7 heteroatoms. The fraction of sp³-hybridized carbons (Fsp3) is 0.150. The van der Waals surface area contributed by atoms with Crippen molar-refractivity contribution in [1.82, 2.24) is 9.89 Å². The third-order valence-electron chi connectivity index (χ3n) is 4.69. The molecule has 1 aliphatic carbocycles. The predicted octanol–water partition coefficient (Wildman–Crippen LogP) is 2.14. The molecule has 4 rings (SSSR count). The summed E-state index contributed by atoms with van der Waals surface area (Å²) >= 11 is 0. The first-order valence-corrected chi connectivity index (χ1v) is 8.54. The molecule has 0 atom stereocenters. The number of primary amides is 1. The van der Waals surface area contributed by atoms with E-state index in [4.69, 9.17) is 10.5 Å². The van der Waals surface area contributed by atoms with Gasteiger partial charge in [0.15, 0.2) is 5.69 Å². The smallest absolute Gasteiger partial charge is 0.271 e. The van der Waals surface area contributed by atoms with Crippen LogP contribution in [0.2, 0.25) is 0 Å². The summed E-state index contributed by atoms with van der Waals surface area (Å²) < 4.78 is 5.11. The van der Waals surface area contributed by atoms with Crippen LogP contribution in [0.5, 0.6) is 5.75 Å². The van der Waals surface area contributed by atoms with Gasteiger partial charge in [0.2, 0.25) is 0 Å². The molecule has 0 aliphatic heterocycles. The Hall–Kier alpha value is -3.61. The lowest BCUT2D eigenvalue weighted by molar-refractivity contribution is 0.0983. The Bertz CT molecular complexity index is 1040. The van der Waals surface area contributed by atoms with Crippen molar-refractivity contribution >= 4 is 11.8 Å². The molecule has 1 aromatic heterocycles.